The number of β-amino-alcohol motifs (C(OH)–C–C–N with tert-alkyl or cyclic N) is 1. The maximum atomic E-state index is 14.9. The number of methoxy groups -OCH3 is 1. The number of alkyl halides is 3. The number of anilines is 1. The Bertz CT molecular complexity index is 1480. The summed E-state index contributed by atoms with van der Waals surface area (Å²) in [4.78, 5) is 32.1. The van der Waals surface area contributed by atoms with Crippen LogP contribution in [0.25, 0.3) is 16.7 Å². The van der Waals surface area contributed by atoms with Crippen LogP contribution in [0.3, 0.4) is 0 Å². The number of nitrogens with one attached hydrogen (secondary N) is 1. The Hall–Kier alpha value is -3.65. The number of nitrogens with zero attached hydrogens (tertiary/aromatic N) is 3. The van der Waals surface area contributed by atoms with E-state index in [4.69, 9.17) is 4.74 Å². The van der Waals surface area contributed by atoms with E-state index in [1.54, 1.807) is 4.90 Å². The molecule has 5 rings (SSSR count). The van der Waals surface area contributed by atoms with Crippen molar-refractivity contribution in [3.8, 4) is 5.69 Å². The molecular formula is C25H22F6N4O4. The zero-order chi connectivity index (χ0) is 28.2. The average Bonchev–Trinajstić information content (AvgIpc) is 3.62. The smallest absolute Gasteiger partial charge is 0.388 e. The lowest BCUT2D eigenvalue weighted by molar-refractivity contribution is -0.158. The fourth-order valence-electron chi connectivity index (χ4n) is 4.76. The lowest BCUT2D eigenvalue weighted by Gasteiger charge is -2.22. The maximum absolute atomic E-state index is 14.9. The molecule has 1 aliphatic carbocycles. The van der Waals surface area contributed by atoms with E-state index in [2.05, 4.69) is 4.98 Å². The molecule has 8 nitrogen and oxygen atoms in total. The normalized spacial score (nSPS) is 20.5. The number of carbonyl (C=O) groups is 1. The summed E-state index contributed by atoms with van der Waals surface area (Å²) in [7, 11) is 1.40. The second-order valence-corrected chi connectivity index (χ2v) is 9.58. The third-order valence-corrected chi connectivity index (χ3v) is 6.90. The van der Waals surface area contributed by atoms with Gasteiger partial charge in [0.05, 0.1) is 11.5 Å². The fourth-order valence-corrected chi connectivity index (χ4v) is 4.76. The van der Waals surface area contributed by atoms with Gasteiger partial charge in [-0.2, -0.15) is 13.2 Å². The minimum Gasteiger partial charge on any atom is -0.388 e. The van der Waals surface area contributed by atoms with Crippen molar-refractivity contribution in [2.45, 2.75) is 37.3 Å². The molecule has 208 valence electrons. The van der Waals surface area contributed by atoms with Gasteiger partial charge in [0.2, 0.25) is 5.43 Å². The molecule has 1 amide bonds. The van der Waals surface area contributed by atoms with Crippen LogP contribution in [0.2, 0.25) is 0 Å². The highest BCUT2D eigenvalue weighted by Gasteiger charge is 2.50. The van der Waals surface area contributed by atoms with Crippen molar-refractivity contribution in [2.24, 2.45) is 5.92 Å². The summed E-state index contributed by atoms with van der Waals surface area (Å²) < 4.78 is 89.9. The highest BCUT2D eigenvalue weighted by Crippen LogP contribution is 2.40. The second kappa shape index (κ2) is 9.83. The van der Waals surface area contributed by atoms with Crippen LogP contribution in [0.1, 0.15) is 23.2 Å². The van der Waals surface area contributed by atoms with Gasteiger partial charge in [0.25, 0.3) is 5.91 Å². The van der Waals surface area contributed by atoms with Gasteiger partial charge in [-0.25, -0.2) is 18.2 Å². The third-order valence-electron chi connectivity index (χ3n) is 6.90. The predicted molar refractivity (Wildman–Crippen MR) is 126 cm³/mol. The zero-order valence-electron chi connectivity index (χ0n) is 20.3. The minimum atomic E-state index is -4.78. The van der Waals surface area contributed by atoms with Crippen molar-refractivity contribution < 1.29 is 41.0 Å². The number of aliphatic hydroxyl groups excluding tert-OH is 1. The number of halogens is 6. The van der Waals surface area contributed by atoms with Crippen LogP contribution in [-0.4, -0.2) is 65.2 Å². The number of hydrogen-bond donors (Lipinski definition) is 2. The van der Waals surface area contributed by atoms with Gasteiger partial charge in [-0.3, -0.25) is 14.2 Å². The highest BCUT2D eigenvalue weighted by molar-refractivity contribution is 5.97. The summed E-state index contributed by atoms with van der Waals surface area (Å²) in [6, 6.07) is 1.11. The van der Waals surface area contributed by atoms with E-state index in [1.807, 2.05) is 5.32 Å². The van der Waals surface area contributed by atoms with Gasteiger partial charge >= 0.3 is 6.18 Å². The van der Waals surface area contributed by atoms with Crippen LogP contribution in [0.4, 0.5) is 32.2 Å². The molecule has 3 atom stereocenters. The summed E-state index contributed by atoms with van der Waals surface area (Å²) >= 11 is 0. The van der Waals surface area contributed by atoms with Gasteiger partial charge in [0.1, 0.15) is 35.0 Å². The van der Waals surface area contributed by atoms with Gasteiger partial charge in [-0.15, -0.1) is 0 Å². The van der Waals surface area contributed by atoms with Crippen molar-refractivity contribution in [1.29, 1.82) is 0 Å². The molecule has 0 spiro atoms. The first-order valence-electron chi connectivity index (χ1n) is 11.9. The predicted octanol–water partition coefficient (Wildman–Crippen LogP) is 3.07. The molecule has 0 bridgehead atoms. The number of amides is 1. The fraction of sp³-hybridized carbons (Fsp3) is 0.400. The van der Waals surface area contributed by atoms with Gasteiger partial charge < -0.3 is 20.1 Å². The number of hydrogen-bond acceptors (Lipinski definition) is 6. The molecule has 1 saturated heterocycles. The van der Waals surface area contributed by atoms with Crippen LogP contribution < -0.4 is 15.6 Å². The molecule has 2 unspecified atom stereocenters. The first kappa shape index (κ1) is 26.9. The topological polar surface area (TPSA) is 96.7 Å². The Labute approximate surface area is 216 Å². The van der Waals surface area contributed by atoms with E-state index in [0.717, 1.165) is 0 Å². The van der Waals surface area contributed by atoms with Gasteiger partial charge in [-0.1, -0.05) is 0 Å². The molecule has 2 N–H and O–H groups in total. The van der Waals surface area contributed by atoms with Crippen LogP contribution in [0.15, 0.2) is 35.3 Å². The Balaban J connectivity index is 1.67. The number of aromatic nitrogens is 2. The number of carbonyl (C=O) groups excluding carboxylic acids is 1. The molecule has 0 radical (unpaired) electrons. The first-order chi connectivity index (χ1) is 18.4. The van der Waals surface area contributed by atoms with E-state index in [9.17, 15) is 41.0 Å². The maximum Gasteiger partial charge on any atom is 0.408 e. The van der Waals surface area contributed by atoms with Crippen LogP contribution in [0.5, 0.6) is 0 Å². The monoisotopic (exact) mass is 556 g/mol. The molecule has 1 aromatic carbocycles. The molecule has 3 heterocycles. The van der Waals surface area contributed by atoms with Crippen molar-refractivity contribution in [3.05, 3.63) is 63.7 Å². The van der Waals surface area contributed by atoms with E-state index in [1.165, 1.54) is 19.2 Å². The van der Waals surface area contributed by atoms with E-state index in [0.29, 0.717) is 22.9 Å². The quantitative estimate of drug-likeness (QED) is 0.454. The Morgan fingerprint density at radius 3 is 2.38 bits per heavy atom. The number of pyridine rings is 2. The van der Waals surface area contributed by atoms with Crippen LogP contribution >= 0.6 is 0 Å². The molecule has 14 heteroatoms. The highest BCUT2D eigenvalue weighted by atomic mass is 19.4. The third kappa shape index (κ3) is 5.05. The average molecular weight is 556 g/mol. The van der Waals surface area contributed by atoms with Crippen LogP contribution in [-0.2, 0) is 4.74 Å². The number of aliphatic hydroxyl groups is 1. The molecule has 39 heavy (non-hydrogen) atoms. The molecule has 3 aromatic rings. The van der Waals surface area contributed by atoms with Gasteiger partial charge in [0.15, 0.2) is 17.3 Å². The van der Waals surface area contributed by atoms with Gasteiger partial charge in [0, 0.05) is 38.5 Å². The standard InChI is InChI=1S/C25H22F6N4O4/c1-39-18-10-34(9-17(18)36)19-5-4-13-21(37)14(24(38)33-22(11-2-3-11)25(29,30)31)8-35(23(13)32-19)20-15(27)6-12(26)7-16(20)28/h4-8,11,17-18,22,36H,2-3,9-10H2,1H3,(H,33,38)/t17?,18?,22-/m0/s1. The molecule has 2 fully saturated rings. The summed E-state index contributed by atoms with van der Waals surface area (Å²) in [5.41, 5.74) is -3.07. The molecule has 1 saturated carbocycles. The summed E-state index contributed by atoms with van der Waals surface area (Å²) in [6.45, 7) is 0.279. The van der Waals surface area contributed by atoms with E-state index >= 15 is 0 Å². The zero-order valence-corrected chi connectivity index (χ0v) is 20.3. The van der Waals surface area contributed by atoms with Crippen molar-refractivity contribution in [2.75, 3.05) is 25.1 Å². The summed E-state index contributed by atoms with van der Waals surface area (Å²) in [5.74, 6) is -6.10. The second-order valence-electron chi connectivity index (χ2n) is 9.58. The molecular weight excluding hydrogens is 534 g/mol. The lowest BCUT2D eigenvalue weighted by atomic mass is 10.1. The SMILES string of the molecule is COC1CN(c2ccc3c(=O)c(C(=O)N[C@@H](C4CC4)C(F)(F)F)cn(-c4c(F)cc(F)cc4F)c3n2)CC1O. The molecule has 2 aliphatic rings. The molecule has 1 aliphatic heterocycles. The van der Waals surface area contributed by atoms with E-state index < -0.39 is 70.4 Å². The first-order valence-corrected chi connectivity index (χ1v) is 11.9. The van der Waals surface area contributed by atoms with Crippen molar-refractivity contribution >= 4 is 22.8 Å². The Morgan fingerprint density at radius 2 is 1.82 bits per heavy atom. The van der Waals surface area contributed by atoms with Gasteiger partial charge in [-0.05, 0) is 30.9 Å². The lowest BCUT2D eigenvalue weighted by Crippen LogP contribution is -2.48. The summed E-state index contributed by atoms with van der Waals surface area (Å²) in [5, 5.41) is 11.7. The van der Waals surface area contributed by atoms with E-state index in [-0.39, 0.29) is 42.8 Å². The minimum absolute atomic E-state index is 0.0843. The number of rotatable bonds is 6. The number of ether oxygens (including phenoxy) is 1. The summed E-state index contributed by atoms with van der Waals surface area (Å²) in [6.07, 6.45) is -5.05. The number of benzene rings is 1. The largest absolute Gasteiger partial charge is 0.408 e. The Kier molecular flexibility index (Phi) is 6.79. The van der Waals surface area contributed by atoms with Crippen molar-refractivity contribution in [3.63, 3.8) is 0 Å². The van der Waals surface area contributed by atoms with Crippen molar-refractivity contribution in [1.82, 2.24) is 14.9 Å². The molecule has 2 aromatic heterocycles. The number of fused-ring (bicyclic) bond motifs is 1. The Morgan fingerprint density at radius 1 is 1.15 bits per heavy atom. The van der Waals surface area contributed by atoms with Crippen LogP contribution in [0, 0.1) is 23.4 Å².